The van der Waals surface area contributed by atoms with Crippen LogP contribution in [0.5, 0.6) is 5.75 Å². The third-order valence-electron chi connectivity index (χ3n) is 5.96. The second-order valence-corrected chi connectivity index (χ2v) is 12.1. The number of hydrogen-bond donors (Lipinski definition) is 0. The number of aromatic nitrogens is 3. The van der Waals surface area contributed by atoms with Crippen molar-refractivity contribution in [2.24, 2.45) is 0 Å². The second-order valence-electron chi connectivity index (χ2n) is 8.64. The summed E-state index contributed by atoms with van der Waals surface area (Å²) < 4.78 is 61.0. The summed E-state index contributed by atoms with van der Waals surface area (Å²) in [6.07, 6.45) is 1.93. The average Bonchev–Trinajstić information content (AvgIpc) is 3.24. The molecular weight excluding hydrogens is 512 g/mol. The molecule has 1 fully saturated rings. The molecule has 4 rings (SSSR count). The number of ether oxygens (including phenoxy) is 1. The van der Waals surface area contributed by atoms with Crippen LogP contribution in [0, 0.1) is 18.6 Å². The number of halogens is 2. The molecule has 3 aromatic rings. The Balaban J connectivity index is 1.65. The highest BCUT2D eigenvalue weighted by Crippen LogP contribution is 2.27. The predicted octanol–water partition coefficient (Wildman–Crippen LogP) is 2.76. The third kappa shape index (κ3) is 5.42. The molecule has 0 bridgehead atoms. The van der Waals surface area contributed by atoms with Crippen molar-refractivity contribution in [2.45, 2.75) is 32.4 Å². The number of anilines is 1. The van der Waals surface area contributed by atoms with Gasteiger partial charge in [0.05, 0.1) is 34.9 Å². The molecule has 0 amide bonds. The van der Waals surface area contributed by atoms with Gasteiger partial charge in [0.15, 0.2) is 0 Å². The van der Waals surface area contributed by atoms with Gasteiger partial charge in [-0.2, -0.15) is 14.1 Å². The molecule has 0 radical (unpaired) electrons. The van der Waals surface area contributed by atoms with E-state index in [0.717, 1.165) is 27.4 Å². The van der Waals surface area contributed by atoms with Crippen molar-refractivity contribution in [3.05, 3.63) is 62.5 Å². The van der Waals surface area contributed by atoms with Crippen LogP contribution in [-0.4, -0.2) is 65.5 Å². The standard InChI is InChI=1S/C23H27F2N5O4S2/c1-15(2)36(32,33)29-7-5-28(6-8-29)20-13-27-30(19-11-17(24)10-18(25)12-19)23(31)22(20)34-9-4-21-16(3)26-14-35-21/h10-15H,4-9H2,1-3H3. The molecule has 3 heterocycles. The highest BCUT2D eigenvalue weighted by Gasteiger charge is 2.31. The lowest BCUT2D eigenvalue weighted by molar-refractivity contribution is 0.313. The van der Waals surface area contributed by atoms with Crippen molar-refractivity contribution in [3.63, 3.8) is 0 Å². The first kappa shape index (κ1) is 26.2. The number of sulfonamides is 1. The van der Waals surface area contributed by atoms with Gasteiger partial charge in [0.2, 0.25) is 15.8 Å². The van der Waals surface area contributed by atoms with E-state index < -0.39 is 32.5 Å². The van der Waals surface area contributed by atoms with Gasteiger partial charge < -0.3 is 9.64 Å². The summed E-state index contributed by atoms with van der Waals surface area (Å²) in [6, 6.07) is 2.73. The molecule has 0 unspecified atom stereocenters. The minimum atomic E-state index is -3.40. The summed E-state index contributed by atoms with van der Waals surface area (Å²) in [5.74, 6) is -1.70. The van der Waals surface area contributed by atoms with Crippen molar-refractivity contribution in [2.75, 3.05) is 37.7 Å². The molecule has 0 atom stereocenters. The van der Waals surface area contributed by atoms with E-state index in [0.29, 0.717) is 31.3 Å². The fourth-order valence-electron chi connectivity index (χ4n) is 3.93. The van der Waals surface area contributed by atoms with Crippen molar-refractivity contribution < 1.29 is 21.9 Å². The van der Waals surface area contributed by atoms with E-state index in [1.54, 1.807) is 19.4 Å². The fraction of sp³-hybridized carbons (Fsp3) is 0.435. The van der Waals surface area contributed by atoms with Gasteiger partial charge in [-0.05, 0) is 32.9 Å². The Morgan fingerprint density at radius 3 is 2.36 bits per heavy atom. The molecule has 0 N–H and O–H groups in total. The lowest BCUT2D eigenvalue weighted by Gasteiger charge is -2.36. The maximum atomic E-state index is 13.8. The van der Waals surface area contributed by atoms with E-state index in [1.807, 2.05) is 11.8 Å². The van der Waals surface area contributed by atoms with Crippen LogP contribution in [0.25, 0.3) is 5.69 Å². The summed E-state index contributed by atoms with van der Waals surface area (Å²) in [5, 5.41) is 3.61. The zero-order valence-electron chi connectivity index (χ0n) is 20.1. The summed E-state index contributed by atoms with van der Waals surface area (Å²) in [6.45, 7) is 6.49. The van der Waals surface area contributed by atoms with Gasteiger partial charge >= 0.3 is 5.56 Å². The largest absolute Gasteiger partial charge is 0.486 e. The average molecular weight is 540 g/mol. The topological polar surface area (TPSA) is 97.6 Å². The molecule has 194 valence electrons. The third-order valence-corrected chi connectivity index (χ3v) is 9.23. The zero-order chi connectivity index (χ0) is 26.0. The first-order valence-electron chi connectivity index (χ1n) is 11.4. The van der Waals surface area contributed by atoms with Crippen LogP contribution in [0.3, 0.4) is 0 Å². The molecule has 0 aliphatic carbocycles. The van der Waals surface area contributed by atoms with Crippen molar-refractivity contribution in [1.82, 2.24) is 19.1 Å². The van der Waals surface area contributed by atoms with Crippen molar-refractivity contribution >= 4 is 27.0 Å². The first-order chi connectivity index (χ1) is 17.1. The Labute approximate surface area is 212 Å². The number of rotatable bonds is 8. The molecule has 1 saturated heterocycles. The van der Waals surface area contributed by atoms with Crippen LogP contribution in [0.4, 0.5) is 14.5 Å². The monoisotopic (exact) mass is 539 g/mol. The maximum Gasteiger partial charge on any atom is 0.316 e. The number of hydrogen-bond acceptors (Lipinski definition) is 8. The Hall–Kier alpha value is -2.90. The summed E-state index contributed by atoms with van der Waals surface area (Å²) in [7, 11) is -3.40. The SMILES string of the molecule is Cc1ncsc1CCOc1c(N2CCN(S(=O)(=O)C(C)C)CC2)cnn(-c2cc(F)cc(F)c2)c1=O. The highest BCUT2D eigenvalue weighted by molar-refractivity contribution is 7.89. The Morgan fingerprint density at radius 2 is 1.78 bits per heavy atom. The van der Waals surface area contributed by atoms with Crippen LogP contribution in [0.2, 0.25) is 0 Å². The molecule has 0 saturated carbocycles. The Bertz CT molecular complexity index is 1380. The van der Waals surface area contributed by atoms with Gasteiger partial charge in [0.25, 0.3) is 0 Å². The van der Waals surface area contributed by atoms with E-state index in [2.05, 4.69) is 10.1 Å². The molecule has 9 nitrogen and oxygen atoms in total. The van der Waals surface area contributed by atoms with Gasteiger partial charge in [0, 0.05) is 43.5 Å². The van der Waals surface area contributed by atoms with Gasteiger partial charge in [-0.1, -0.05) is 0 Å². The van der Waals surface area contributed by atoms with Crippen molar-refractivity contribution in [1.29, 1.82) is 0 Å². The Morgan fingerprint density at radius 1 is 1.11 bits per heavy atom. The van der Waals surface area contributed by atoms with E-state index >= 15 is 0 Å². The minimum Gasteiger partial charge on any atom is -0.486 e. The summed E-state index contributed by atoms with van der Waals surface area (Å²) in [4.78, 5) is 20.5. The molecule has 1 aliphatic rings. The zero-order valence-corrected chi connectivity index (χ0v) is 21.8. The molecule has 1 aromatic carbocycles. The number of piperazine rings is 1. The van der Waals surface area contributed by atoms with E-state index in [9.17, 15) is 22.0 Å². The van der Waals surface area contributed by atoms with Crippen LogP contribution in [0.15, 0.2) is 34.7 Å². The number of aryl methyl sites for hydroxylation is 1. The van der Waals surface area contributed by atoms with Gasteiger partial charge in [-0.25, -0.2) is 22.2 Å². The van der Waals surface area contributed by atoms with Gasteiger partial charge in [0.1, 0.15) is 17.3 Å². The lowest BCUT2D eigenvalue weighted by atomic mass is 10.2. The van der Waals surface area contributed by atoms with E-state index in [1.165, 1.54) is 21.8 Å². The molecule has 36 heavy (non-hydrogen) atoms. The van der Waals surface area contributed by atoms with Gasteiger partial charge in [-0.15, -0.1) is 11.3 Å². The van der Waals surface area contributed by atoms with E-state index in [-0.39, 0.29) is 31.1 Å². The molecule has 2 aromatic heterocycles. The van der Waals surface area contributed by atoms with Crippen LogP contribution in [0.1, 0.15) is 24.4 Å². The second kappa shape index (κ2) is 10.6. The number of benzene rings is 1. The molecule has 0 spiro atoms. The fourth-order valence-corrected chi connectivity index (χ4v) is 5.96. The molecule has 13 heteroatoms. The first-order valence-corrected chi connectivity index (χ1v) is 13.8. The van der Waals surface area contributed by atoms with Crippen molar-refractivity contribution in [3.8, 4) is 11.4 Å². The lowest BCUT2D eigenvalue weighted by Crippen LogP contribution is -2.50. The summed E-state index contributed by atoms with van der Waals surface area (Å²) >= 11 is 1.49. The number of nitrogens with zero attached hydrogens (tertiary/aromatic N) is 5. The Kier molecular flexibility index (Phi) is 7.71. The summed E-state index contributed by atoms with van der Waals surface area (Å²) in [5.41, 5.74) is 2.28. The van der Waals surface area contributed by atoms with Gasteiger partial charge in [-0.3, -0.25) is 4.79 Å². The normalized spacial score (nSPS) is 15.0. The quantitative estimate of drug-likeness (QED) is 0.434. The van der Waals surface area contributed by atoms with Crippen LogP contribution >= 0.6 is 11.3 Å². The minimum absolute atomic E-state index is 0.0167. The van der Waals surface area contributed by atoms with Crippen LogP contribution < -0.4 is 15.2 Å². The smallest absolute Gasteiger partial charge is 0.316 e. The van der Waals surface area contributed by atoms with E-state index in [4.69, 9.17) is 4.74 Å². The van der Waals surface area contributed by atoms with Crippen LogP contribution in [-0.2, 0) is 16.4 Å². The number of thiazole rings is 1. The molecular formula is C23H27F2N5O4S2. The predicted molar refractivity (Wildman–Crippen MR) is 134 cm³/mol. The maximum absolute atomic E-state index is 13.8. The molecule has 1 aliphatic heterocycles. The highest BCUT2D eigenvalue weighted by atomic mass is 32.2.